The number of hydrogen-bond donors (Lipinski definition) is 2. The third-order valence-electron chi connectivity index (χ3n) is 3.08. The van der Waals surface area contributed by atoms with E-state index in [4.69, 9.17) is 38.0 Å². The zero-order valence-corrected chi connectivity index (χ0v) is 15.0. The van der Waals surface area contributed by atoms with Gasteiger partial charge in [-0.25, -0.2) is 0 Å². The Labute approximate surface area is 151 Å². The van der Waals surface area contributed by atoms with Gasteiger partial charge in [-0.2, -0.15) is 0 Å². The summed E-state index contributed by atoms with van der Waals surface area (Å²) in [6, 6.07) is 12.9. The monoisotopic (exact) mass is 366 g/mol. The van der Waals surface area contributed by atoms with Gasteiger partial charge < -0.3 is 24.8 Å². The molecule has 128 valence electrons. The highest BCUT2D eigenvalue weighted by atomic mass is 35.5. The van der Waals surface area contributed by atoms with Crippen molar-refractivity contribution in [3.63, 3.8) is 0 Å². The van der Waals surface area contributed by atoms with E-state index in [0.717, 1.165) is 11.4 Å². The minimum Gasteiger partial charge on any atom is -0.497 e. The second kappa shape index (κ2) is 9.32. The highest BCUT2D eigenvalue weighted by Gasteiger charge is 2.10. The normalized spacial score (nSPS) is 10.1. The molecule has 2 N–H and O–H groups in total. The number of ether oxygens (including phenoxy) is 3. The van der Waals surface area contributed by atoms with Gasteiger partial charge in [0.2, 0.25) is 0 Å². The van der Waals surface area contributed by atoms with E-state index in [1.807, 2.05) is 36.4 Å². The van der Waals surface area contributed by atoms with Crippen molar-refractivity contribution < 1.29 is 14.2 Å². The van der Waals surface area contributed by atoms with Gasteiger partial charge in [0.05, 0.1) is 24.4 Å². The van der Waals surface area contributed by atoms with Crippen LogP contribution in [0.4, 0.5) is 11.4 Å². The fourth-order valence-electron chi connectivity index (χ4n) is 1.97. The highest BCUT2D eigenvalue weighted by molar-refractivity contribution is 7.80. The van der Waals surface area contributed by atoms with Crippen LogP contribution in [-0.4, -0.2) is 32.5 Å². The SMILES string of the molecule is COCCOc1c(Cl)cccc1NC(=S)Nc1cccc(OC)c1. The van der Waals surface area contributed by atoms with Crippen molar-refractivity contribution in [3.8, 4) is 11.5 Å². The Morgan fingerprint density at radius 2 is 1.88 bits per heavy atom. The van der Waals surface area contributed by atoms with Crippen LogP contribution in [-0.2, 0) is 4.74 Å². The second-order valence-corrected chi connectivity index (χ2v) is 5.58. The predicted octanol–water partition coefficient (Wildman–Crippen LogP) is 4.18. The average Bonchev–Trinajstić information content (AvgIpc) is 2.57. The first-order chi connectivity index (χ1) is 11.6. The molecule has 0 saturated heterocycles. The van der Waals surface area contributed by atoms with Crippen LogP contribution in [0.3, 0.4) is 0 Å². The Bertz CT molecular complexity index is 697. The standard InChI is InChI=1S/C17H19ClN2O3S/c1-21-9-10-23-16-14(18)7-4-8-15(16)20-17(24)19-12-5-3-6-13(11-12)22-2/h3-8,11H,9-10H2,1-2H3,(H2,19,20,24). The van der Waals surface area contributed by atoms with Gasteiger partial charge in [-0.15, -0.1) is 0 Å². The van der Waals surface area contributed by atoms with E-state index in [0.29, 0.717) is 34.8 Å². The summed E-state index contributed by atoms with van der Waals surface area (Å²) >= 11 is 11.6. The van der Waals surface area contributed by atoms with E-state index in [1.54, 1.807) is 20.3 Å². The summed E-state index contributed by atoms with van der Waals surface area (Å²) in [4.78, 5) is 0. The van der Waals surface area contributed by atoms with E-state index in [-0.39, 0.29) is 0 Å². The molecule has 0 aliphatic heterocycles. The summed E-state index contributed by atoms with van der Waals surface area (Å²) in [6.45, 7) is 0.863. The van der Waals surface area contributed by atoms with Crippen molar-refractivity contribution in [2.45, 2.75) is 0 Å². The Morgan fingerprint density at radius 1 is 1.08 bits per heavy atom. The quantitative estimate of drug-likeness (QED) is 0.566. The Kier molecular flexibility index (Phi) is 7.11. The number of benzene rings is 2. The third kappa shape index (κ3) is 5.26. The van der Waals surface area contributed by atoms with Crippen LogP contribution in [0.5, 0.6) is 11.5 Å². The van der Waals surface area contributed by atoms with Crippen LogP contribution in [0.15, 0.2) is 42.5 Å². The number of hydrogen-bond acceptors (Lipinski definition) is 4. The molecular weight excluding hydrogens is 348 g/mol. The Morgan fingerprint density at radius 3 is 2.62 bits per heavy atom. The van der Waals surface area contributed by atoms with E-state index >= 15 is 0 Å². The van der Waals surface area contributed by atoms with Crippen LogP contribution in [0.25, 0.3) is 0 Å². The van der Waals surface area contributed by atoms with Crippen molar-refractivity contribution in [3.05, 3.63) is 47.5 Å². The molecule has 0 saturated carbocycles. The lowest BCUT2D eigenvalue weighted by atomic mass is 10.3. The molecule has 0 bridgehead atoms. The maximum absolute atomic E-state index is 6.21. The number of halogens is 1. The van der Waals surface area contributed by atoms with Crippen LogP contribution in [0.2, 0.25) is 5.02 Å². The fraction of sp³-hybridized carbons (Fsp3) is 0.235. The van der Waals surface area contributed by atoms with Crippen molar-refractivity contribution in [1.82, 2.24) is 0 Å². The molecule has 0 aromatic heterocycles. The summed E-state index contributed by atoms with van der Waals surface area (Å²) < 4.78 is 15.8. The minimum atomic E-state index is 0.394. The van der Waals surface area contributed by atoms with E-state index < -0.39 is 0 Å². The first kappa shape index (κ1) is 18.3. The molecular formula is C17H19ClN2O3S. The highest BCUT2D eigenvalue weighted by Crippen LogP contribution is 2.33. The minimum absolute atomic E-state index is 0.394. The van der Waals surface area contributed by atoms with E-state index in [9.17, 15) is 0 Å². The molecule has 24 heavy (non-hydrogen) atoms. The summed E-state index contributed by atoms with van der Waals surface area (Å²) in [5, 5.41) is 7.11. The van der Waals surface area contributed by atoms with Gasteiger partial charge in [-0.05, 0) is 36.5 Å². The lowest BCUT2D eigenvalue weighted by Crippen LogP contribution is -2.20. The van der Waals surface area contributed by atoms with Gasteiger partial charge in [-0.1, -0.05) is 23.7 Å². The fourth-order valence-corrected chi connectivity index (χ4v) is 2.42. The van der Waals surface area contributed by atoms with Gasteiger partial charge >= 0.3 is 0 Å². The van der Waals surface area contributed by atoms with Gasteiger partial charge in [0.1, 0.15) is 12.4 Å². The zero-order valence-electron chi connectivity index (χ0n) is 13.5. The molecule has 0 aliphatic rings. The van der Waals surface area contributed by atoms with Crippen LogP contribution < -0.4 is 20.1 Å². The molecule has 0 heterocycles. The molecule has 0 amide bonds. The molecule has 7 heteroatoms. The van der Waals surface area contributed by atoms with Crippen molar-refractivity contribution in [2.24, 2.45) is 0 Å². The zero-order chi connectivity index (χ0) is 17.4. The van der Waals surface area contributed by atoms with Crippen molar-refractivity contribution in [2.75, 3.05) is 38.1 Å². The number of para-hydroxylation sites is 1. The average molecular weight is 367 g/mol. The predicted molar refractivity (Wildman–Crippen MR) is 102 cm³/mol. The Hall–Kier alpha value is -2.02. The molecule has 0 spiro atoms. The van der Waals surface area contributed by atoms with Gasteiger partial charge in [0, 0.05) is 18.9 Å². The molecule has 2 rings (SSSR count). The van der Waals surface area contributed by atoms with Crippen LogP contribution >= 0.6 is 23.8 Å². The number of rotatable bonds is 7. The summed E-state index contributed by atoms with van der Waals surface area (Å²) in [5.74, 6) is 1.28. The third-order valence-corrected chi connectivity index (χ3v) is 3.58. The largest absolute Gasteiger partial charge is 0.497 e. The number of methoxy groups -OCH3 is 2. The smallest absolute Gasteiger partial charge is 0.175 e. The summed E-state index contributed by atoms with van der Waals surface area (Å²) in [7, 11) is 3.23. The molecule has 2 aromatic carbocycles. The number of thiocarbonyl (C=S) groups is 1. The lowest BCUT2D eigenvalue weighted by molar-refractivity contribution is 0.147. The summed E-state index contributed by atoms with van der Waals surface area (Å²) in [6.07, 6.45) is 0. The van der Waals surface area contributed by atoms with Crippen LogP contribution in [0, 0.1) is 0 Å². The Balaban J connectivity index is 2.06. The van der Waals surface area contributed by atoms with Crippen molar-refractivity contribution >= 4 is 40.3 Å². The number of anilines is 2. The molecule has 0 atom stereocenters. The van der Waals surface area contributed by atoms with E-state index in [1.165, 1.54) is 0 Å². The maximum Gasteiger partial charge on any atom is 0.175 e. The van der Waals surface area contributed by atoms with Crippen LogP contribution in [0.1, 0.15) is 0 Å². The first-order valence-corrected chi connectivity index (χ1v) is 8.05. The van der Waals surface area contributed by atoms with E-state index in [2.05, 4.69) is 10.6 Å². The van der Waals surface area contributed by atoms with Gasteiger partial charge in [0.25, 0.3) is 0 Å². The first-order valence-electron chi connectivity index (χ1n) is 7.26. The molecule has 2 aromatic rings. The maximum atomic E-state index is 6.21. The number of nitrogens with one attached hydrogen (secondary N) is 2. The molecule has 0 fully saturated rings. The molecule has 0 unspecified atom stereocenters. The molecule has 5 nitrogen and oxygen atoms in total. The lowest BCUT2D eigenvalue weighted by Gasteiger charge is -2.16. The summed E-state index contributed by atoms with van der Waals surface area (Å²) in [5.41, 5.74) is 1.50. The second-order valence-electron chi connectivity index (χ2n) is 4.77. The van der Waals surface area contributed by atoms with Gasteiger partial charge in [-0.3, -0.25) is 0 Å². The molecule has 0 radical (unpaired) electrons. The molecule has 0 aliphatic carbocycles. The van der Waals surface area contributed by atoms with Gasteiger partial charge in [0.15, 0.2) is 10.9 Å². The topological polar surface area (TPSA) is 51.8 Å². The van der Waals surface area contributed by atoms with Crippen molar-refractivity contribution in [1.29, 1.82) is 0 Å².